The van der Waals surface area contributed by atoms with Gasteiger partial charge in [-0.3, -0.25) is 9.69 Å². The standard InChI is InChI=1S/C18H21ClN2O/c1-14-7-9-15(10-8-14)12-21(2)13-18(22)20-11-16-5-3-4-6-17(16)19/h3-10H,11-13H2,1-2H3,(H,20,22). The van der Waals surface area contributed by atoms with E-state index in [1.807, 2.05) is 36.2 Å². The van der Waals surface area contributed by atoms with Gasteiger partial charge in [-0.2, -0.15) is 0 Å². The minimum absolute atomic E-state index is 0.00506. The van der Waals surface area contributed by atoms with Crippen LogP contribution in [0.3, 0.4) is 0 Å². The Morgan fingerprint density at radius 1 is 1.14 bits per heavy atom. The number of benzene rings is 2. The van der Waals surface area contributed by atoms with Crippen LogP contribution >= 0.6 is 11.6 Å². The highest BCUT2D eigenvalue weighted by atomic mass is 35.5. The van der Waals surface area contributed by atoms with Gasteiger partial charge in [0, 0.05) is 18.1 Å². The maximum atomic E-state index is 12.0. The lowest BCUT2D eigenvalue weighted by Crippen LogP contribution is -2.34. The number of aryl methyl sites for hydroxylation is 1. The highest BCUT2D eigenvalue weighted by Crippen LogP contribution is 2.14. The molecule has 4 heteroatoms. The zero-order chi connectivity index (χ0) is 15.9. The summed E-state index contributed by atoms with van der Waals surface area (Å²) in [4.78, 5) is 14.0. The van der Waals surface area contributed by atoms with Crippen molar-refractivity contribution in [3.8, 4) is 0 Å². The van der Waals surface area contributed by atoms with E-state index in [0.29, 0.717) is 18.1 Å². The predicted molar refractivity (Wildman–Crippen MR) is 90.8 cm³/mol. The molecule has 1 amide bonds. The van der Waals surface area contributed by atoms with E-state index in [1.54, 1.807) is 0 Å². The van der Waals surface area contributed by atoms with Gasteiger partial charge < -0.3 is 5.32 Å². The van der Waals surface area contributed by atoms with Crippen molar-refractivity contribution in [3.63, 3.8) is 0 Å². The molecular weight excluding hydrogens is 296 g/mol. The van der Waals surface area contributed by atoms with E-state index in [0.717, 1.165) is 12.1 Å². The molecule has 0 atom stereocenters. The molecule has 0 spiro atoms. The third kappa shape index (κ3) is 5.17. The van der Waals surface area contributed by atoms with Gasteiger partial charge in [0.05, 0.1) is 6.54 Å². The summed E-state index contributed by atoms with van der Waals surface area (Å²) < 4.78 is 0. The first kappa shape index (κ1) is 16.5. The number of likely N-dealkylation sites (N-methyl/N-ethyl adjacent to an activating group) is 1. The number of rotatable bonds is 6. The highest BCUT2D eigenvalue weighted by molar-refractivity contribution is 6.31. The molecule has 2 aromatic carbocycles. The Kier molecular flexibility index (Phi) is 5.99. The van der Waals surface area contributed by atoms with Crippen molar-refractivity contribution in [1.29, 1.82) is 0 Å². The first-order valence-electron chi connectivity index (χ1n) is 7.29. The van der Waals surface area contributed by atoms with Crippen LogP contribution in [0.2, 0.25) is 5.02 Å². The Morgan fingerprint density at radius 3 is 2.50 bits per heavy atom. The molecule has 1 N–H and O–H groups in total. The normalized spacial score (nSPS) is 10.7. The van der Waals surface area contributed by atoms with E-state index in [1.165, 1.54) is 11.1 Å². The van der Waals surface area contributed by atoms with Crippen LogP contribution in [0.25, 0.3) is 0 Å². The minimum Gasteiger partial charge on any atom is -0.351 e. The SMILES string of the molecule is Cc1ccc(CN(C)CC(=O)NCc2ccccc2Cl)cc1. The summed E-state index contributed by atoms with van der Waals surface area (Å²) in [7, 11) is 1.94. The second-order valence-corrected chi connectivity index (χ2v) is 5.93. The second-order valence-electron chi connectivity index (χ2n) is 5.53. The van der Waals surface area contributed by atoms with Crippen LogP contribution in [0.1, 0.15) is 16.7 Å². The minimum atomic E-state index is -0.00506. The van der Waals surface area contributed by atoms with Crippen LogP contribution in [0, 0.1) is 6.92 Å². The van der Waals surface area contributed by atoms with E-state index in [-0.39, 0.29) is 5.91 Å². The number of halogens is 1. The van der Waals surface area contributed by atoms with Crippen molar-refractivity contribution in [2.75, 3.05) is 13.6 Å². The first-order valence-corrected chi connectivity index (χ1v) is 7.66. The number of hydrogen-bond donors (Lipinski definition) is 1. The third-order valence-electron chi connectivity index (χ3n) is 3.42. The summed E-state index contributed by atoms with van der Waals surface area (Å²) in [6.45, 7) is 3.63. The van der Waals surface area contributed by atoms with Gasteiger partial charge in [-0.15, -0.1) is 0 Å². The molecule has 0 unspecified atom stereocenters. The predicted octanol–water partition coefficient (Wildman–Crippen LogP) is 3.40. The number of carbonyl (C=O) groups is 1. The molecule has 0 aliphatic heterocycles. The molecule has 0 radical (unpaired) electrons. The Hall–Kier alpha value is -1.84. The van der Waals surface area contributed by atoms with E-state index < -0.39 is 0 Å². The first-order chi connectivity index (χ1) is 10.5. The number of amides is 1. The summed E-state index contributed by atoms with van der Waals surface area (Å²) in [5.41, 5.74) is 3.37. The van der Waals surface area contributed by atoms with E-state index in [2.05, 4.69) is 36.5 Å². The molecular formula is C18H21ClN2O. The van der Waals surface area contributed by atoms with E-state index in [4.69, 9.17) is 11.6 Å². The van der Waals surface area contributed by atoms with Crippen molar-refractivity contribution < 1.29 is 4.79 Å². The van der Waals surface area contributed by atoms with Gasteiger partial charge in [-0.25, -0.2) is 0 Å². The topological polar surface area (TPSA) is 32.3 Å². The largest absolute Gasteiger partial charge is 0.351 e. The lowest BCUT2D eigenvalue weighted by Gasteiger charge is -2.16. The Labute approximate surface area is 136 Å². The fourth-order valence-corrected chi connectivity index (χ4v) is 2.40. The number of nitrogens with zero attached hydrogens (tertiary/aromatic N) is 1. The monoisotopic (exact) mass is 316 g/mol. The van der Waals surface area contributed by atoms with E-state index in [9.17, 15) is 4.79 Å². The van der Waals surface area contributed by atoms with Gasteiger partial charge >= 0.3 is 0 Å². The fraction of sp³-hybridized carbons (Fsp3) is 0.278. The van der Waals surface area contributed by atoms with Crippen molar-refractivity contribution in [1.82, 2.24) is 10.2 Å². The molecule has 2 rings (SSSR count). The van der Waals surface area contributed by atoms with E-state index >= 15 is 0 Å². The summed E-state index contributed by atoms with van der Waals surface area (Å²) >= 11 is 6.07. The number of hydrogen-bond acceptors (Lipinski definition) is 2. The summed E-state index contributed by atoms with van der Waals surface area (Å²) in [5, 5.41) is 3.58. The van der Waals surface area contributed by atoms with Crippen LogP contribution in [0.5, 0.6) is 0 Å². The molecule has 0 aliphatic carbocycles. The van der Waals surface area contributed by atoms with Gasteiger partial charge in [-0.05, 0) is 31.2 Å². The summed E-state index contributed by atoms with van der Waals surface area (Å²) in [6, 6.07) is 15.9. The van der Waals surface area contributed by atoms with Crippen LogP contribution in [-0.2, 0) is 17.9 Å². The summed E-state index contributed by atoms with van der Waals surface area (Å²) in [6.07, 6.45) is 0. The highest BCUT2D eigenvalue weighted by Gasteiger charge is 2.08. The van der Waals surface area contributed by atoms with Crippen molar-refractivity contribution >= 4 is 17.5 Å². The Morgan fingerprint density at radius 2 is 1.82 bits per heavy atom. The average molecular weight is 317 g/mol. The van der Waals surface area contributed by atoms with Gasteiger partial charge in [0.25, 0.3) is 0 Å². The second kappa shape index (κ2) is 7.97. The van der Waals surface area contributed by atoms with Crippen LogP contribution in [-0.4, -0.2) is 24.4 Å². The molecule has 22 heavy (non-hydrogen) atoms. The summed E-state index contributed by atoms with van der Waals surface area (Å²) in [5.74, 6) is -0.00506. The quantitative estimate of drug-likeness (QED) is 0.886. The molecule has 0 saturated carbocycles. The van der Waals surface area contributed by atoms with Crippen LogP contribution in [0.15, 0.2) is 48.5 Å². The third-order valence-corrected chi connectivity index (χ3v) is 3.79. The van der Waals surface area contributed by atoms with Crippen molar-refractivity contribution in [3.05, 3.63) is 70.2 Å². The molecule has 0 heterocycles. The maximum absolute atomic E-state index is 12.0. The molecule has 0 bridgehead atoms. The van der Waals surface area contributed by atoms with Gasteiger partial charge in [0.2, 0.25) is 5.91 Å². The fourth-order valence-electron chi connectivity index (χ4n) is 2.20. The lowest BCUT2D eigenvalue weighted by molar-refractivity contribution is -0.122. The smallest absolute Gasteiger partial charge is 0.234 e. The Bertz CT molecular complexity index is 625. The maximum Gasteiger partial charge on any atom is 0.234 e. The molecule has 0 aliphatic rings. The number of carbonyl (C=O) groups excluding carboxylic acids is 1. The molecule has 2 aromatic rings. The zero-order valence-corrected chi connectivity index (χ0v) is 13.7. The zero-order valence-electron chi connectivity index (χ0n) is 13.0. The van der Waals surface area contributed by atoms with Gasteiger partial charge in [0.15, 0.2) is 0 Å². The van der Waals surface area contributed by atoms with Crippen molar-refractivity contribution in [2.24, 2.45) is 0 Å². The van der Waals surface area contributed by atoms with Gasteiger partial charge in [-0.1, -0.05) is 59.6 Å². The van der Waals surface area contributed by atoms with Crippen molar-refractivity contribution in [2.45, 2.75) is 20.0 Å². The molecule has 0 saturated heterocycles. The van der Waals surface area contributed by atoms with Gasteiger partial charge in [0.1, 0.15) is 0 Å². The van der Waals surface area contributed by atoms with Crippen LogP contribution < -0.4 is 5.32 Å². The average Bonchev–Trinajstić information content (AvgIpc) is 2.49. The molecule has 0 aromatic heterocycles. The lowest BCUT2D eigenvalue weighted by atomic mass is 10.1. The molecule has 3 nitrogen and oxygen atoms in total. The molecule has 116 valence electrons. The Balaban J connectivity index is 1.79. The van der Waals surface area contributed by atoms with Crippen LogP contribution in [0.4, 0.5) is 0 Å². The molecule has 0 fully saturated rings. The number of nitrogens with one attached hydrogen (secondary N) is 1.